The van der Waals surface area contributed by atoms with Gasteiger partial charge in [-0.2, -0.15) is 0 Å². The number of carboxylic acid groups (broad SMARTS) is 1. The molecule has 0 saturated heterocycles. The Morgan fingerprint density at radius 3 is 2.44 bits per heavy atom. The molecule has 0 spiro atoms. The number of hydrogen-bond acceptors (Lipinski definition) is 3. The lowest BCUT2D eigenvalue weighted by Gasteiger charge is -2.06. The van der Waals surface area contributed by atoms with Crippen molar-refractivity contribution in [1.82, 2.24) is 10.6 Å². The molecule has 0 saturated carbocycles. The van der Waals surface area contributed by atoms with Gasteiger partial charge in [0, 0.05) is 26.6 Å². The van der Waals surface area contributed by atoms with E-state index in [-0.39, 0.29) is 12.5 Å². The molecule has 0 aliphatic carbocycles. The van der Waals surface area contributed by atoms with Gasteiger partial charge in [-0.25, -0.2) is 4.79 Å². The van der Waals surface area contributed by atoms with Crippen molar-refractivity contribution in [2.24, 2.45) is 0 Å². The van der Waals surface area contributed by atoms with E-state index in [2.05, 4.69) is 10.6 Å². The van der Waals surface area contributed by atoms with Crippen molar-refractivity contribution < 1.29 is 19.4 Å². The minimum absolute atomic E-state index is 0.194. The predicted molar refractivity (Wildman–Crippen MR) is 59.4 cm³/mol. The van der Waals surface area contributed by atoms with E-state index in [1.165, 1.54) is 0 Å². The first-order valence-electron chi connectivity index (χ1n) is 5.39. The van der Waals surface area contributed by atoms with E-state index in [1.807, 2.05) is 0 Å². The van der Waals surface area contributed by atoms with Gasteiger partial charge in [0.05, 0.1) is 6.61 Å². The van der Waals surface area contributed by atoms with Crippen LogP contribution in [0.1, 0.15) is 25.7 Å². The van der Waals surface area contributed by atoms with Gasteiger partial charge in [0.2, 0.25) is 0 Å². The summed E-state index contributed by atoms with van der Waals surface area (Å²) >= 11 is 0. The Bertz CT molecular complexity index is 209. The largest absolute Gasteiger partial charge is 0.481 e. The molecule has 0 aromatic carbocycles. The van der Waals surface area contributed by atoms with Gasteiger partial charge in [0.25, 0.3) is 0 Å². The summed E-state index contributed by atoms with van der Waals surface area (Å²) in [5, 5.41) is 13.7. The first-order valence-corrected chi connectivity index (χ1v) is 5.39. The summed E-state index contributed by atoms with van der Waals surface area (Å²) < 4.78 is 4.77. The molecule has 6 heteroatoms. The SMILES string of the molecule is COCCNC(=O)NCCCCCC(=O)O. The minimum atomic E-state index is -0.773. The third kappa shape index (κ3) is 10.8. The number of amides is 2. The second-order valence-electron chi connectivity index (χ2n) is 3.38. The summed E-state index contributed by atoms with van der Waals surface area (Å²) in [6, 6.07) is -0.213. The third-order valence-corrected chi connectivity index (χ3v) is 1.94. The quantitative estimate of drug-likeness (QED) is 0.507. The molecule has 2 amide bonds. The number of carbonyl (C=O) groups excluding carboxylic acids is 1. The van der Waals surface area contributed by atoms with Crippen molar-refractivity contribution >= 4 is 12.0 Å². The van der Waals surface area contributed by atoms with Crippen molar-refractivity contribution in [2.45, 2.75) is 25.7 Å². The summed E-state index contributed by atoms with van der Waals surface area (Å²) in [6.07, 6.45) is 2.46. The number of urea groups is 1. The number of carbonyl (C=O) groups is 2. The fourth-order valence-electron chi connectivity index (χ4n) is 1.11. The van der Waals surface area contributed by atoms with Crippen LogP contribution in [0.3, 0.4) is 0 Å². The first-order chi connectivity index (χ1) is 7.66. The Morgan fingerprint density at radius 1 is 1.12 bits per heavy atom. The Kier molecular flexibility index (Phi) is 9.39. The molecule has 0 rings (SSSR count). The fourth-order valence-corrected chi connectivity index (χ4v) is 1.11. The molecule has 0 aromatic heterocycles. The van der Waals surface area contributed by atoms with Crippen LogP contribution in [0.25, 0.3) is 0 Å². The van der Waals surface area contributed by atoms with Crippen LogP contribution in [0, 0.1) is 0 Å². The second-order valence-corrected chi connectivity index (χ2v) is 3.38. The Hall–Kier alpha value is -1.30. The van der Waals surface area contributed by atoms with E-state index >= 15 is 0 Å². The van der Waals surface area contributed by atoms with Crippen LogP contribution in [-0.2, 0) is 9.53 Å². The highest BCUT2D eigenvalue weighted by Crippen LogP contribution is 1.98. The molecular formula is C10H20N2O4. The number of ether oxygens (including phenoxy) is 1. The van der Waals surface area contributed by atoms with Crippen LogP contribution in [0.15, 0.2) is 0 Å². The molecule has 0 fully saturated rings. The van der Waals surface area contributed by atoms with Crippen molar-refractivity contribution in [1.29, 1.82) is 0 Å². The Labute approximate surface area is 95.4 Å². The molecular weight excluding hydrogens is 212 g/mol. The summed E-state index contributed by atoms with van der Waals surface area (Å²) in [7, 11) is 1.57. The summed E-state index contributed by atoms with van der Waals surface area (Å²) in [5.74, 6) is -0.773. The maximum Gasteiger partial charge on any atom is 0.314 e. The van der Waals surface area contributed by atoms with E-state index in [0.29, 0.717) is 26.1 Å². The van der Waals surface area contributed by atoms with Gasteiger partial charge >= 0.3 is 12.0 Å². The van der Waals surface area contributed by atoms with Crippen molar-refractivity contribution in [3.63, 3.8) is 0 Å². The highest BCUT2D eigenvalue weighted by atomic mass is 16.5. The van der Waals surface area contributed by atoms with Crippen LogP contribution in [0.5, 0.6) is 0 Å². The average molecular weight is 232 g/mol. The topological polar surface area (TPSA) is 87.7 Å². The highest BCUT2D eigenvalue weighted by molar-refractivity contribution is 5.73. The number of aliphatic carboxylic acids is 1. The van der Waals surface area contributed by atoms with E-state index in [9.17, 15) is 9.59 Å². The lowest BCUT2D eigenvalue weighted by Crippen LogP contribution is -2.37. The lowest BCUT2D eigenvalue weighted by atomic mass is 10.2. The zero-order valence-corrected chi connectivity index (χ0v) is 9.62. The minimum Gasteiger partial charge on any atom is -0.481 e. The molecule has 0 radical (unpaired) electrons. The number of rotatable bonds is 9. The monoisotopic (exact) mass is 232 g/mol. The zero-order valence-electron chi connectivity index (χ0n) is 9.62. The molecule has 0 aromatic rings. The molecule has 16 heavy (non-hydrogen) atoms. The summed E-state index contributed by atoms with van der Waals surface area (Å²) in [5.41, 5.74) is 0. The van der Waals surface area contributed by atoms with Gasteiger partial charge in [-0.05, 0) is 12.8 Å². The normalized spacial score (nSPS) is 9.81. The molecule has 6 nitrogen and oxygen atoms in total. The number of unbranched alkanes of at least 4 members (excludes halogenated alkanes) is 2. The standard InChI is InChI=1S/C10H20N2O4/c1-16-8-7-12-10(15)11-6-4-2-3-5-9(13)14/h2-8H2,1H3,(H,13,14)(H2,11,12,15). The van der Waals surface area contributed by atoms with E-state index in [0.717, 1.165) is 12.8 Å². The molecule has 0 aliphatic heterocycles. The van der Waals surface area contributed by atoms with Gasteiger partial charge in [-0.3, -0.25) is 4.79 Å². The van der Waals surface area contributed by atoms with Crippen LogP contribution < -0.4 is 10.6 Å². The van der Waals surface area contributed by atoms with E-state index in [4.69, 9.17) is 9.84 Å². The maximum atomic E-state index is 11.1. The number of hydrogen-bond donors (Lipinski definition) is 3. The Balaban J connectivity index is 3.18. The summed E-state index contributed by atoms with van der Waals surface area (Å²) in [6.45, 7) is 1.55. The zero-order chi connectivity index (χ0) is 12.2. The van der Waals surface area contributed by atoms with Gasteiger partial charge in [-0.1, -0.05) is 6.42 Å². The fraction of sp³-hybridized carbons (Fsp3) is 0.800. The van der Waals surface area contributed by atoms with Crippen molar-refractivity contribution in [2.75, 3.05) is 26.8 Å². The van der Waals surface area contributed by atoms with Crippen LogP contribution >= 0.6 is 0 Å². The van der Waals surface area contributed by atoms with Gasteiger partial charge in [-0.15, -0.1) is 0 Å². The van der Waals surface area contributed by atoms with Gasteiger partial charge < -0.3 is 20.5 Å². The van der Waals surface area contributed by atoms with Crippen LogP contribution in [0.2, 0.25) is 0 Å². The third-order valence-electron chi connectivity index (χ3n) is 1.94. The van der Waals surface area contributed by atoms with Gasteiger partial charge in [0.15, 0.2) is 0 Å². The highest BCUT2D eigenvalue weighted by Gasteiger charge is 1.99. The molecule has 0 unspecified atom stereocenters. The molecule has 0 aliphatic rings. The predicted octanol–water partition coefficient (Wildman–Crippen LogP) is 0.577. The van der Waals surface area contributed by atoms with E-state index in [1.54, 1.807) is 7.11 Å². The molecule has 0 bridgehead atoms. The first kappa shape index (κ1) is 14.7. The van der Waals surface area contributed by atoms with Crippen molar-refractivity contribution in [3.05, 3.63) is 0 Å². The van der Waals surface area contributed by atoms with Crippen LogP contribution in [-0.4, -0.2) is 43.9 Å². The van der Waals surface area contributed by atoms with Crippen molar-refractivity contribution in [3.8, 4) is 0 Å². The van der Waals surface area contributed by atoms with Crippen LogP contribution in [0.4, 0.5) is 4.79 Å². The Morgan fingerprint density at radius 2 is 1.81 bits per heavy atom. The number of methoxy groups -OCH3 is 1. The number of nitrogens with one attached hydrogen (secondary N) is 2. The molecule has 94 valence electrons. The molecule has 0 heterocycles. The van der Waals surface area contributed by atoms with E-state index < -0.39 is 5.97 Å². The number of carboxylic acids is 1. The second kappa shape index (κ2) is 10.2. The smallest absolute Gasteiger partial charge is 0.314 e. The average Bonchev–Trinajstić information content (AvgIpc) is 2.23. The summed E-state index contributed by atoms with van der Waals surface area (Å²) in [4.78, 5) is 21.3. The molecule has 0 atom stereocenters. The maximum absolute atomic E-state index is 11.1. The van der Waals surface area contributed by atoms with Gasteiger partial charge in [0.1, 0.15) is 0 Å². The molecule has 3 N–H and O–H groups in total. The lowest BCUT2D eigenvalue weighted by molar-refractivity contribution is -0.137.